The van der Waals surface area contributed by atoms with Crippen LogP contribution in [-0.4, -0.2) is 23.4 Å². The predicted molar refractivity (Wildman–Crippen MR) is 68.2 cm³/mol. The maximum atomic E-state index is 5.37. The fourth-order valence-corrected chi connectivity index (χ4v) is 2.44. The van der Waals surface area contributed by atoms with E-state index in [-0.39, 0.29) is 0 Å². The van der Waals surface area contributed by atoms with Crippen LogP contribution in [-0.2, 0) is 13.6 Å². The third-order valence-electron chi connectivity index (χ3n) is 3.74. The summed E-state index contributed by atoms with van der Waals surface area (Å²) in [5.41, 5.74) is 2.24. The molecule has 0 atom stereocenters. The minimum absolute atomic E-state index is 0.857. The monoisotopic (exact) mass is 237 g/mol. The van der Waals surface area contributed by atoms with Gasteiger partial charge < -0.3 is 10.1 Å². The number of nitrogens with zero attached hydrogens (tertiary/aromatic N) is 2. The van der Waals surface area contributed by atoms with E-state index >= 15 is 0 Å². The molecule has 0 aliphatic heterocycles. The lowest BCUT2D eigenvalue weighted by Crippen LogP contribution is -2.21. The lowest BCUT2D eigenvalue weighted by molar-refractivity contribution is 0.291. The van der Waals surface area contributed by atoms with Crippen molar-refractivity contribution in [2.45, 2.75) is 39.2 Å². The zero-order valence-electron chi connectivity index (χ0n) is 11.1. The molecule has 0 radical (unpaired) electrons. The maximum Gasteiger partial charge on any atom is 0.216 e. The van der Waals surface area contributed by atoms with E-state index in [9.17, 15) is 0 Å². The van der Waals surface area contributed by atoms with E-state index in [4.69, 9.17) is 4.74 Å². The highest BCUT2D eigenvalue weighted by atomic mass is 16.5. The molecule has 1 fully saturated rings. The molecular formula is C13H23N3O. The van der Waals surface area contributed by atoms with E-state index in [0.717, 1.165) is 30.6 Å². The van der Waals surface area contributed by atoms with Crippen LogP contribution in [0.1, 0.15) is 36.9 Å². The van der Waals surface area contributed by atoms with Crippen LogP contribution < -0.4 is 10.1 Å². The summed E-state index contributed by atoms with van der Waals surface area (Å²) in [6, 6.07) is 0. The summed E-state index contributed by atoms with van der Waals surface area (Å²) in [4.78, 5) is 0. The average Bonchev–Trinajstić information content (AvgIpc) is 2.50. The smallest absolute Gasteiger partial charge is 0.216 e. The Labute approximate surface area is 103 Å². The molecule has 2 rings (SSSR count). The Bertz CT molecular complexity index is 369. The quantitative estimate of drug-likeness (QED) is 0.769. The average molecular weight is 237 g/mol. The van der Waals surface area contributed by atoms with Crippen molar-refractivity contribution in [2.24, 2.45) is 13.0 Å². The van der Waals surface area contributed by atoms with Gasteiger partial charge in [-0.15, -0.1) is 0 Å². The number of rotatable bonds is 6. The number of nitrogens with one attached hydrogen (secondary N) is 1. The Kier molecular flexibility index (Phi) is 4.05. The first-order valence-electron chi connectivity index (χ1n) is 6.49. The Morgan fingerprint density at radius 3 is 2.82 bits per heavy atom. The van der Waals surface area contributed by atoms with Crippen LogP contribution in [0.4, 0.5) is 0 Å². The van der Waals surface area contributed by atoms with Gasteiger partial charge in [0.2, 0.25) is 5.88 Å². The van der Waals surface area contributed by atoms with Crippen LogP contribution in [0.25, 0.3) is 0 Å². The van der Waals surface area contributed by atoms with Crippen molar-refractivity contribution in [3.63, 3.8) is 0 Å². The summed E-state index contributed by atoms with van der Waals surface area (Å²) in [6.07, 6.45) is 5.59. The summed E-state index contributed by atoms with van der Waals surface area (Å²) >= 11 is 0. The first-order chi connectivity index (χ1) is 8.22. The van der Waals surface area contributed by atoms with E-state index in [1.807, 2.05) is 14.0 Å². The molecule has 1 aliphatic carbocycles. The summed E-state index contributed by atoms with van der Waals surface area (Å²) < 4.78 is 7.17. The predicted octanol–water partition coefficient (Wildman–Crippen LogP) is 2.02. The number of ether oxygens (including phenoxy) is 1. The summed E-state index contributed by atoms with van der Waals surface area (Å²) in [6.45, 7) is 3.99. The molecule has 1 heterocycles. The third kappa shape index (κ3) is 2.80. The van der Waals surface area contributed by atoms with Crippen molar-refractivity contribution in [3.05, 3.63) is 11.3 Å². The van der Waals surface area contributed by atoms with Crippen LogP contribution in [0.5, 0.6) is 5.88 Å². The van der Waals surface area contributed by atoms with Gasteiger partial charge in [-0.3, -0.25) is 0 Å². The molecule has 1 aromatic heterocycles. The largest absolute Gasteiger partial charge is 0.481 e. The second-order valence-electron chi connectivity index (χ2n) is 4.96. The van der Waals surface area contributed by atoms with Gasteiger partial charge in [-0.25, -0.2) is 4.68 Å². The maximum absolute atomic E-state index is 5.37. The number of methoxy groups -OCH3 is 1. The molecule has 0 amide bonds. The van der Waals surface area contributed by atoms with E-state index in [0.29, 0.717) is 0 Å². The first-order valence-corrected chi connectivity index (χ1v) is 6.49. The molecule has 4 nitrogen and oxygen atoms in total. The van der Waals surface area contributed by atoms with Crippen molar-refractivity contribution < 1.29 is 4.74 Å². The topological polar surface area (TPSA) is 39.1 Å². The number of hydrogen-bond donors (Lipinski definition) is 1. The van der Waals surface area contributed by atoms with Crippen molar-refractivity contribution in [1.82, 2.24) is 15.1 Å². The molecule has 1 aromatic rings. The van der Waals surface area contributed by atoms with Gasteiger partial charge in [0, 0.05) is 13.6 Å². The van der Waals surface area contributed by atoms with Gasteiger partial charge in [0.25, 0.3) is 0 Å². The summed E-state index contributed by atoms with van der Waals surface area (Å²) in [7, 11) is 3.62. The van der Waals surface area contributed by atoms with Gasteiger partial charge >= 0.3 is 0 Å². The Balaban J connectivity index is 1.80. The molecule has 0 aromatic carbocycles. The van der Waals surface area contributed by atoms with E-state index in [1.165, 1.54) is 31.2 Å². The molecule has 0 bridgehead atoms. The van der Waals surface area contributed by atoms with E-state index in [2.05, 4.69) is 10.4 Å². The van der Waals surface area contributed by atoms with Crippen LogP contribution in [0, 0.1) is 12.8 Å². The molecule has 1 saturated carbocycles. The fourth-order valence-electron chi connectivity index (χ4n) is 2.44. The highest BCUT2D eigenvalue weighted by molar-refractivity contribution is 5.30. The van der Waals surface area contributed by atoms with Gasteiger partial charge in [0.05, 0.1) is 18.4 Å². The molecule has 4 heteroatoms. The Morgan fingerprint density at radius 2 is 2.24 bits per heavy atom. The highest BCUT2D eigenvalue weighted by Crippen LogP contribution is 2.28. The van der Waals surface area contributed by atoms with Gasteiger partial charge in [-0.1, -0.05) is 19.3 Å². The summed E-state index contributed by atoms with van der Waals surface area (Å²) in [5, 5.41) is 7.87. The van der Waals surface area contributed by atoms with E-state index in [1.54, 1.807) is 11.8 Å². The molecule has 96 valence electrons. The van der Waals surface area contributed by atoms with Crippen molar-refractivity contribution in [2.75, 3.05) is 13.7 Å². The minimum Gasteiger partial charge on any atom is -0.481 e. The normalized spacial score (nSPS) is 15.9. The van der Waals surface area contributed by atoms with Crippen LogP contribution >= 0.6 is 0 Å². The SMILES string of the molecule is COc1c(CNCCC2CCC2)c(C)nn1C. The van der Waals surface area contributed by atoms with Crippen LogP contribution in [0.3, 0.4) is 0 Å². The van der Waals surface area contributed by atoms with Crippen molar-refractivity contribution in [3.8, 4) is 5.88 Å². The molecule has 1 N–H and O–H groups in total. The number of hydrogen-bond acceptors (Lipinski definition) is 3. The lowest BCUT2D eigenvalue weighted by atomic mass is 9.83. The van der Waals surface area contributed by atoms with Crippen molar-refractivity contribution in [1.29, 1.82) is 0 Å². The standard InChI is InChI=1S/C13H23N3O/c1-10-12(13(17-3)16(2)15-10)9-14-8-7-11-5-4-6-11/h11,14H,4-9H2,1-3H3. The Morgan fingerprint density at radius 1 is 1.47 bits per heavy atom. The van der Waals surface area contributed by atoms with Gasteiger partial charge in [-0.05, 0) is 25.8 Å². The molecule has 1 aliphatic rings. The lowest BCUT2D eigenvalue weighted by Gasteiger charge is -2.25. The fraction of sp³-hybridized carbons (Fsp3) is 0.769. The minimum atomic E-state index is 0.857. The first kappa shape index (κ1) is 12.4. The van der Waals surface area contributed by atoms with Gasteiger partial charge in [-0.2, -0.15) is 5.10 Å². The molecule has 17 heavy (non-hydrogen) atoms. The second kappa shape index (κ2) is 5.54. The molecule has 0 saturated heterocycles. The van der Waals surface area contributed by atoms with E-state index < -0.39 is 0 Å². The van der Waals surface area contributed by atoms with Crippen LogP contribution in [0.2, 0.25) is 0 Å². The molecular weight excluding hydrogens is 214 g/mol. The number of aromatic nitrogens is 2. The zero-order valence-corrected chi connectivity index (χ0v) is 11.1. The Hall–Kier alpha value is -1.03. The van der Waals surface area contributed by atoms with Gasteiger partial charge in [0.1, 0.15) is 0 Å². The van der Waals surface area contributed by atoms with Gasteiger partial charge in [0.15, 0.2) is 0 Å². The molecule has 0 spiro atoms. The van der Waals surface area contributed by atoms with Crippen LogP contribution in [0.15, 0.2) is 0 Å². The second-order valence-corrected chi connectivity index (χ2v) is 4.96. The highest BCUT2D eigenvalue weighted by Gasteiger charge is 2.17. The number of aryl methyl sites for hydroxylation is 2. The molecule has 0 unspecified atom stereocenters. The summed E-state index contributed by atoms with van der Waals surface area (Å²) in [5.74, 6) is 1.85. The third-order valence-corrected chi connectivity index (χ3v) is 3.74. The zero-order chi connectivity index (χ0) is 12.3. The van der Waals surface area contributed by atoms with Crippen molar-refractivity contribution >= 4 is 0 Å².